The molecule has 7 nitrogen and oxygen atoms in total. The maximum atomic E-state index is 12.3. The van der Waals surface area contributed by atoms with Crippen LogP contribution in [0.4, 0.5) is 21.9 Å². The molecular formula is C17H16ClN3O4S. The highest BCUT2D eigenvalue weighted by molar-refractivity contribution is 8.14. The molecule has 0 aliphatic rings. The van der Waals surface area contributed by atoms with E-state index in [9.17, 15) is 19.7 Å². The van der Waals surface area contributed by atoms with Crippen LogP contribution in [0.5, 0.6) is 0 Å². The quantitative estimate of drug-likeness (QED) is 0.597. The van der Waals surface area contributed by atoms with Crippen molar-refractivity contribution in [3.63, 3.8) is 0 Å². The van der Waals surface area contributed by atoms with E-state index >= 15 is 0 Å². The first-order chi connectivity index (χ1) is 12.3. The molecule has 0 saturated carbocycles. The van der Waals surface area contributed by atoms with Gasteiger partial charge in [0.2, 0.25) is 5.91 Å². The molecule has 0 fully saturated rings. The van der Waals surface area contributed by atoms with Crippen molar-refractivity contribution in [3.05, 3.63) is 63.2 Å². The fourth-order valence-electron chi connectivity index (χ4n) is 2.29. The highest BCUT2D eigenvalue weighted by Crippen LogP contribution is 2.30. The van der Waals surface area contributed by atoms with Crippen LogP contribution in [-0.2, 0) is 4.79 Å². The molecule has 0 atom stereocenters. The molecule has 0 bridgehead atoms. The van der Waals surface area contributed by atoms with E-state index < -0.39 is 10.8 Å². The molecule has 0 spiro atoms. The predicted molar refractivity (Wildman–Crippen MR) is 104 cm³/mol. The van der Waals surface area contributed by atoms with Crippen molar-refractivity contribution in [3.8, 4) is 0 Å². The van der Waals surface area contributed by atoms with Crippen LogP contribution in [0.3, 0.4) is 0 Å². The summed E-state index contributed by atoms with van der Waals surface area (Å²) in [5.41, 5.74) is 1.29. The number of thioether (sulfide) groups is 1. The van der Waals surface area contributed by atoms with Crippen molar-refractivity contribution in [2.45, 2.75) is 6.92 Å². The van der Waals surface area contributed by atoms with E-state index in [-0.39, 0.29) is 22.4 Å². The smallest absolute Gasteiger partial charge is 0.292 e. The first-order valence-electron chi connectivity index (χ1n) is 7.50. The molecule has 136 valence electrons. The van der Waals surface area contributed by atoms with E-state index in [1.165, 1.54) is 23.1 Å². The lowest BCUT2D eigenvalue weighted by Crippen LogP contribution is -2.25. The number of nitro groups is 1. The Labute approximate surface area is 159 Å². The van der Waals surface area contributed by atoms with Crippen LogP contribution in [0.15, 0.2) is 42.5 Å². The Morgan fingerprint density at radius 2 is 1.92 bits per heavy atom. The van der Waals surface area contributed by atoms with Crippen LogP contribution >= 0.6 is 23.4 Å². The minimum Gasteiger partial charge on any atom is -0.320 e. The maximum absolute atomic E-state index is 12.3. The zero-order valence-corrected chi connectivity index (χ0v) is 15.6. The number of hydrogen-bond acceptors (Lipinski definition) is 5. The fourth-order valence-corrected chi connectivity index (χ4v) is 3.25. The largest absolute Gasteiger partial charge is 0.320 e. The van der Waals surface area contributed by atoms with Crippen LogP contribution < -0.4 is 10.2 Å². The number of halogens is 1. The molecule has 0 radical (unpaired) electrons. The van der Waals surface area contributed by atoms with E-state index in [1.807, 2.05) is 13.0 Å². The average Bonchev–Trinajstić information content (AvgIpc) is 2.59. The number of hydrogen-bond donors (Lipinski definition) is 1. The molecular weight excluding hydrogens is 378 g/mol. The lowest BCUT2D eigenvalue weighted by atomic mass is 10.2. The molecule has 2 amide bonds. The van der Waals surface area contributed by atoms with Crippen molar-refractivity contribution in [1.82, 2.24) is 0 Å². The number of benzene rings is 2. The molecule has 9 heteroatoms. The number of rotatable bonds is 5. The topological polar surface area (TPSA) is 92.6 Å². The number of carbonyl (C=O) groups excluding carboxylic acids is 2. The molecule has 2 rings (SSSR count). The molecule has 2 aromatic carbocycles. The van der Waals surface area contributed by atoms with Crippen molar-refractivity contribution >= 4 is 51.6 Å². The molecule has 0 saturated heterocycles. The molecule has 1 N–H and O–H groups in total. The van der Waals surface area contributed by atoms with Crippen LogP contribution in [0.1, 0.15) is 5.56 Å². The summed E-state index contributed by atoms with van der Waals surface area (Å²) in [5, 5.41) is 13.5. The predicted octanol–water partition coefficient (Wildman–Crippen LogP) is 4.48. The fraction of sp³-hybridized carbons (Fsp3) is 0.176. The summed E-state index contributed by atoms with van der Waals surface area (Å²) < 4.78 is 0. The number of nitro benzene ring substituents is 1. The number of carbonyl (C=O) groups is 2. The van der Waals surface area contributed by atoms with E-state index in [4.69, 9.17) is 11.6 Å². The minimum atomic E-state index is -0.581. The summed E-state index contributed by atoms with van der Waals surface area (Å²) in [6, 6.07) is 11.1. The zero-order chi connectivity index (χ0) is 19.3. The highest BCUT2D eigenvalue weighted by atomic mass is 35.5. The van der Waals surface area contributed by atoms with Gasteiger partial charge in [-0.25, -0.2) is 0 Å². The summed E-state index contributed by atoms with van der Waals surface area (Å²) in [4.78, 5) is 36.1. The van der Waals surface area contributed by atoms with Gasteiger partial charge in [-0.1, -0.05) is 47.6 Å². The third-order valence-electron chi connectivity index (χ3n) is 3.50. The van der Waals surface area contributed by atoms with E-state index in [0.717, 1.165) is 17.3 Å². The van der Waals surface area contributed by atoms with Gasteiger partial charge in [0.1, 0.15) is 5.69 Å². The Balaban J connectivity index is 1.99. The first-order valence-corrected chi connectivity index (χ1v) is 8.86. The number of para-hydroxylation sites is 3. The summed E-state index contributed by atoms with van der Waals surface area (Å²) in [7, 11) is 1.57. The van der Waals surface area contributed by atoms with Crippen LogP contribution in [0.2, 0.25) is 5.02 Å². The summed E-state index contributed by atoms with van der Waals surface area (Å²) in [6.07, 6.45) is 0. The van der Waals surface area contributed by atoms with Gasteiger partial charge in [-0.3, -0.25) is 19.7 Å². The number of anilines is 2. The second-order valence-electron chi connectivity index (χ2n) is 5.34. The van der Waals surface area contributed by atoms with Gasteiger partial charge in [-0.15, -0.1) is 0 Å². The maximum Gasteiger partial charge on any atom is 0.292 e. The standard InChI is InChI=1S/C17H16ClN3O4S/c1-11-6-5-7-12(18)16(11)20(2)17(23)26-10-15(22)19-13-8-3-4-9-14(13)21(24)25/h3-9H,10H2,1-2H3,(H,19,22). The molecule has 26 heavy (non-hydrogen) atoms. The number of aryl methyl sites for hydroxylation is 1. The third kappa shape index (κ3) is 4.74. The Kier molecular flexibility index (Phi) is 6.59. The number of nitrogens with one attached hydrogen (secondary N) is 1. The molecule has 0 heterocycles. The SMILES string of the molecule is Cc1cccc(Cl)c1N(C)C(=O)SCC(=O)Nc1ccccc1[N+](=O)[O-]. The second kappa shape index (κ2) is 8.68. The Morgan fingerprint density at radius 1 is 1.23 bits per heavy atom. The van der Waals surface area contributed by atoms with Crippen molar-refractivity contribution in [2.75, 3.05) is 23.0 Å². The molecule has 0 aliphatic heterocycles. The van der Waals surface area contributed by atoms with E-state index in [0.29, 0.717) is 10.7 Å². The summed E-state index contributed by atoms with van der Waals surface area (Å²) >= 11 is 6.92. The average molecular weight is 394 g/mol. The van der Waals surface area contributed by atoms with Gasteiger partial charge < -0.3 is 10.2 Å². The van der Waals surface area contributed by atoms with Crippen LogP contribution in [0.25, 0.3) is 0 Å². The Hall–Kier alpha value is -2.58. The summed E-state index contributed by atoms with van der Waals surface area (Å²) in [6.45, 7) is 1.83. The van der Waals surface area contributed by atoms with Crippen molar-refractivity contribution < 1.29 is 14.5 Å². The molecule has 0 aromatic heterocycles. The van der Waals surface area contributed by atoms with Gasteiger partial charge >= 0.3 is 0 Å². The van der Waals surface area contributed by atoms with Crippen molar-refractivity contribution in [2.24, 2.45) is 0 Å². The van der Waals surface area contributed by atoms with Gasteiger partial charge in [0.15, 0.2) is 0 Å². The Bertz CT molecular complexity index is 839. The van der Waals surface area contributed by atoms with Gasteiger partial charge in [-0.05, 0) is 24.6 Å². The monoisotopic (exact) mass is 393 g/mol. The number of nitrogens with zero attached hydrogens (tertiary/aromatic N) is 2. The lowest BCUT2D eigenvalue weighted by Gasteiger charge is -2.20. The van der Waals surface area contributed by atoms with E-state index in [1.54, 1.807) is 25.2 Å². The van der Waals surface area contributed by atoms with Gasteiger partial charge in [-0.2, -0.15) is 0 Å². The summed E-state index contributed by atoms with van der Waals surface area (Å²) in [5.74, 6) is -0.694. The first kappa shape index (κ1) is 19.7. The normalized spacial score (nSPS) is 10.3. The lowest BCUT2D eigenvalue weighted by molar-refractivity contribution is -0.383. The van der Waals surface area contributed by atoms with Crippen LogP contribution in [0, 0.1) is 17.0 Å². The zero-order valence-electron chi connectivity index (χ0n) is 14.1. The van der Waals surface area contributed by atoms with E-state index in [2.05, 4.69) is 5.32 Å². The van der Waals surface area contributed by atoms with Crippen molar-refractivity contribution in [1.29, 1.82) is 0 Å². The van der Waals surface area contributed by atoms with Gasteiger partial charge in [0, 0.05) is 13.1 Å². The third-order valence-corrected chi connectivity index (χ3v) is 4.73. The number of amides is 2. The molecule has 2 aromatic rings. The second-order valence-corrected chi connectivity index (χ2v) is 6.68. The Morgan fingerprint density at radius 3 is 2.58 bits per heavy atom. The molecule has 0 aliphatic carbocycles. The highest BCUT2D eigenvalue weighted by Gasteiger charge is 2.19. The van der Waals surface area contributed by atoms with Gasteiger partial charge in [0.25, 0.3) is 10.9 Å². The van der Waals surface area contributed by atoms with Gasteiger partial charge in [0.05, 0.1) is 21.4 Å². The van der Waals surface area contributed by atoms with Crippen LogP contribution in [-0.4, -0.2) is 28.9 Å². The minimum absolute atomic E-state index is 0.0888. The molecule has 0 unspecified atom stereocenters.